The molecule has 1 amide bonds. The Hall–Kier alpha value is -3.47. The van der Waals surface area contributed by atoms with Crippen LogP contribution in [0.1, 0.15) is 16.1 Å². The molecule has 5 nitrogen and oxygen atoms in total. The molecular formula is C20H16N4O. The molecule has 4 rings (SSSR count). The maximum absolute atomic E-state index is 12.8. The van der Waals surface area contributed by atoms with Gasteiger partial charge >= 0.3 is 0 Å². The number of anilines is 2. The highest BCUT2D eigenvalue weighted by Crippen LogP contribution is 2.27. The standard InChI is InChI=1S/C20H16N4O/c1-12-7-8-15-14(17(12)21)9-11-23-19(15)20(25)24-16-6-2-4-13-5-3-10-22-18(13)16/h2-11H,21H2,1H3,(H,24,25). The Morgan fingerprint density at radius 2 is 1.80 bits per heavy atom. The third-order valence-corrected chi connectivity index (χ3v) is 4.30. The van der Waals surface area contributed by atoms with Crippen molar-refractivity contribution in [3.05, 3.63) is 72.2 Å². The van der Waals surface area contributed by atoms with Crippen LogP contribution < -0.4 is 11.1 Å². The lowest BCUT2D eigenvalue weighted by atomic mass is 10.0. The van der Waals surface area contributed by atoms with E-state index in [1.807, 2.05) is 55.5 Å². The van der Waals surface area contributed by atoms with Crippen molar-refractivity contribution in [1.29, 1.82) is 0 Å². The minimum atomic E-state index is -0.285. The highest BCUT2D eigenvalue weighted by Gasteiger charge is 2.15. The van der Waals surface area contributed by atoms with E-state index in [2.05, 4.69) is 15.3 Å². The fourth-order valence-electron chi connectivity index (χ4n) is 2.95. The molecule has 0 aliphatic heterocycles. The third-order valence-electron chi connectivity index (χ3n) is 4.30. The van der Waals surface area contributed by atoms with E-state index >= 15 is 0 Å². The Bertz CT molecular complexity index is 1120. The van der Waals surface area contributed by atoms with E-state index in [4.69, 9.17) is 5.73 Å². The molecule has 2 heterocycles. The lowest BCUT2D eigenvalue weighted by Crippen LogP contribution is -2.14. The van der Waals surface area contributed by atoms with Crippen molar-refractivity contribution in [3.8, 4) is 0 Å². The van der Waals surface area contributed by atoms with Crippen molar-refractivity contribution in [3.63, 3.8) is 0 Å². The molecule has 122 valence electrons. The van der Waals surface area contributed by atoms with Gasteiger partial charge in [0.05, 0.1) is 11.2 Å². The van der Waals surface area contributed by atoms with Crippen LogP contribution >= 0.6 is 0 Å². The number of fused-ring (bicyclic) bond motifs is 2. The van der Waals surface area contributed by atoms with E-state index in [1.165, 1.54) is 0 Å². The molecule has 2 aromatic heterocycles. The lowest BCUT2D eigenvalue weighted by molar-refractivity contribution is 0.102. The molecule has 0 unspecified atom stereocenters. The summed E-state index contributed by atoms with van der Waals surface area (Å²) in [7, 11) is 0. The van der Waals surface area contributed by atoms with Gasteiger partial charge in [0.2, 0.25) is 0 Å². The van der Waals surface area contributed by atoms with E-state index in [9.17, 15) is 4.79 Å². The van der Waals surface area contributed by atoms with Gasteiger partial charge in [-0.2, -0.15) is 0 Å². The van der Waals surface area contributed by atoms with Crippen LogP contribution in [0.25, 0.3) is 21.7 Å². The first-order valence-electron chi connectivity index (χ1n) is 7.94. The first-order chi connectivity index (χ1) is 12.1. The molecule has 0 saturated carbocycles. The van der Waals surface area contributed by atoms with Crippen LogP contribution in [0, 0.1) is 6.92 Å². The summed E-state index contributed by atoms with van der Waals surface area (Å²) in [4.78, 5) is 21.5. The zero-order valence-corrected chi connectivity index (χ0v) is 13.7. The molecule has 25 heavy (non-hydrogen) atoms. The normalized spacial score (nSPS) is 10.9. The zero-order valence-electron chi connectivity index (χ0n) is 13.7. The molecule has 4 aromatic rings. The molecule has 0 radical (unpaired) electrons. The molecule has 5 heteroatoms. The van der Waals surface area contributed by atoms with Gasteiger partial charge in [0.1, 0.15) is 5.69 Å². The van der Waals surface area contributed by atoms with Crippen molar-refractivity contribution in [2.45, 2.75) is 6.92 Å². The Morgan fingerprint density at radius 3 is 2.68 bits per heavy atom. The third kappa shape index (κ3) is 2.55. The van der Waals surface area contributed by atoms with Gasteiger partial charge in [0.15, 0.2) is 0 Å². The number of nitrogens with two attached hydrogens (primary N) is 1. The van der Waals surface area contributed by atoms with Crippen LogP contribution in [0.5, 0.6) is 0 Å². The Balaban J connectivity index is 1.79. The number of amides is 1. The molecule has 0 spiro atoms. The molecule has 0 fully saturated rings. The Kier molecular flexibility index (Phi) is 3.54. The fraction of sp³-hybridized carbons (Fsp3) is 0.0500. The molecule has 0 aliphatic carbocycles. The number of rotatable bonds is 2. The van der Waals surface area contributed by atoms with Crippen LogP contribution in [-0.2, 0) is 0 Å². The monoisotopic (exact) mass is 328 g/mol. The van der Waals surface area contributed by atoms with E-state index in [0.717, 1.165) is 27.2 Å². The molecule has 2 aromatic carbocycles. The summed E-state index contributed by atoms with van der Waals surface area (Å²) in [6.07, 6.45) is 3.31. The lowest BCUT2D eigenvalue weighted by Gasteiger charge is -2.11. The number of hydrogen-bond donors (Lipinski definition) is 2. The second kappa shape index (κ2) is 5.87. The van der Waals surface area contributed by atoms with Gasteiger partial charge < -0.3 is 11.1 Å². The predicted octanol–water partition coefficient (Wildman–Crippen LogP) is 3.93. The predicted molar refractivity (Wildman–Crippen MR) is 101 cm³/mol. The SMILES string of the molecule is Cc1ccc2c(C(=O)Nc3cccc4cccnc34)nccc2c1N. The Morgan fingerprint density at radius 1 is 0.960 bits per heavy atom. The zero-order chi connectivity index (χ0) is 17.4. The first kappa shape index (κ1) is 15.1. The summed E-state index contributed by atoms with van der Waals surface area (Å²) >= 11 is 0. The number of aryl methyl sites for hydroxylation is 1. The molecule has 0 bridgehead atoms. The van der Waals surface area contributed by atoms with Gasteiger partial charge in [-0.25, -0.2) is 0 Å². The van der Waals surface area contributed by atoms with Crippen LogP contribution in [0.3, 0.4) is 0 Å². The minimum Gasteiger partial charge on any atom is -0.398 e. The largest absolute Gasteiger partial charge is 0.398 e. The van der Waals surface area contributed by atoms with Gasteiger partial charge in [-0.05, 0) is 30.7 Å². The summed E-state index contributed by atoms with van der Waals surface area (Å²) in [5.74, 6) is -0.285. The number of carbonyl (C=O) groups is 1. The summed E-state index contributed by atoms with van der Waals surface area (Å²) in [6.45, 7) is 1.94. The fourth-order valence-corrected chi connectivity index (χ4v) is 2.95. The van der Waals surface area contributed by atoms with E-state index in [-0.39, 0.29) is 5.91 Å². The summed E-state index contributed by atoms with van der Waals surface area (Å²) in [6, 6.07) is 15.1. The van der Waals surface area contributed by atoms with Gasteiger partial charge in [-0.15, -0.1) is 0 Å². The van der Waals surface area contributed by atoms with E-state index in [1.54, 1.807) is 12.4 Å². The van der Waals surface area contributed by atoms with Crippen LogP contribution in [-0.4, -0.2) is 15.9 Å². The van der Waals surface area contributed by atoms with Crippen molar-refractivity contribution in [2.75, 3.05) is 11.1 Å². The summed E-state index contributed by atoms with van der Waals surface area (Å²) in [5.41, 5.74) is 9.53. The maximum Gasteiger partial charge on any atom is 0.274 e. The smallest absolute Gasteiger partial charge is 0.274 e. The van der Waals surface area contributed by atoms with Gasteiger partial charge in [-0.1, -0.05) is 30.3 Å². The number of nitrogens with zero attached hydrogens (tertiary/aromatic N) is 2. The van der Waals surface area contributed by atoms with Crippen molar-refractivity contribution in [2.24, 2.45) is 0 Å². The van der Waals surface area contributed by atoms with Crippen LogP contribution in [0.15, 0.2) is 60.9 Å². The average Bonchev–Trinajstić information content (AvgIpc) is 2.64. The number of para-hydroxylation sites is 1. The number of aromatic nitrogens is 2. The number of benzene rings is 2. The summed E-state index contributed by atoms with van der Waals surface area (Å²) in [5, 5.41) is 5.45. The highest BCUT2D eigenvalue weighted by atomic mass is 16.1. The quantitative estimate of drug-likeness (QED) is 0.546. The van der Waals surface area contributed by atoms with Crippen LogP contribution in [0.4, 0.5) is 11.4 Å². The molecule has 0 atom stereocenters. The maximum atomic E-state index is 12.8. The number of hydrogen-bond acceptors (Lipinski definition) is 4. The second-order valence-electron chi connectivity index (χ2n) is 5.89. The average molecular weight is 328 g/mol. The van der Waals surface area contributed by atoms with E-state index in [0.29, 0.717) is 17.1 Å². The van der Waals surface area contributed by atoms with Crippen molar-refractivity contribution in [1.82, 2.24) is 9.97 Å². The summed E-state index contributed by atoms with van der Waals surface area (Å²) < 4.78 is 0. The second-order valence-corrected chi connectivity index (χ2v) is 5.89. The molecule has 3 N–H and O–H groups in total. The Labute approximate surface area is 144 Å². The van der Waals surface area contributed by atoms with E-state index < -0.39 is 0 Å². The number of carbonyl (C=O) groups excluding carboxylic acids is 1. The first-order valence-corrected chi connectivity index (χ1v) is 7.94. The van der Waals surface area contributed by atoms with Gasteiger partial charge in [0.25, 0.3) is 5.91 Å². The minimum absolute atomic E-state index is 0.285. The number of nitrogens with one attached hydrogen (secondary N) is 1. The van der Waals surface area contributed by atoms with Crippen molar-refractivity contribution < 1.29 is 4.79 Å². The molecule has 0 saturated heterocycles. The van der Waals surface area contributed by atoms with Crippen LogP contribution in [0.2, 0.25) is 0 Å². The van der Waals surface area contributed by atoms with Gasteiger partial charge in [0, 0.05) is 34.2 Å². The van der Waals surface area contributed by atoms with Crippen molar-refractivity contribution >= 4 is 39.0 Å². The molecular weight excluding hydrogens is 312 g/mol. The van der Waals surface area contributed by atoms with Gasteiger partial charge in [-0.3, -0.25) is 14.8 Å². The highest BCUT2D eigenvalue weighted by molar-refractivity contribution is 6.15. The topological polar surface area (TPSA) is 80.9 Å². The number of nitrogen functional groups attached to an aromatic ring is 1. The number of pyridine rings is 2. The molecule has 0 aliphatic rings.